The SMILES string of the molecule is CN(C)c1cccc(C2CCCCN2C(=O)C(=O)Nc2cnc(N)c3cnn(COCC[Si](C)(C)C)c23)c1.C[Si](C)(C)CCOCn1ncc2c(N)ncc(Br)c21. The first kappa shape index (κ1) is 43.8. The number of ether oxygens (including phenoxy) is 2. The van der Waals surface area contributed by atoms with Crippen LogP contribution >= 0.6 is 15.9 Å². The van der Waals surface area contributed by atoms with Crippen molar-refractivity contribution in [2.24, 2.45) is 0 Å². The number of nitrogens with one attached hydrogen (secondary N) is 1. The third kappa shape index (κ3) is 11.6. The maximum Gasteiger partial charge on any atom is 0.314 e. The monoisotopic (exact) mass is 879 g/mol. The van der Waals surface area contributed by atoms with Crippen molar-refractivity contribution in [3.63, 3.8) is 0 Å². The van der Waals surface area contributed by atoms with E-state index in [0.29, 0.717) is 48.1 Å². The number of nitrogens with zero attached hydrogens (tertiary/aromatic N) is 8. The van der Waals surface area contributed by atoms with E-state index >= 15 is 0 Å². The van der Waals surface area contributed by atoms with Crippen LogP contribution < -0.4 is 21.7 Å². The molecule has 1 unspecified atom stereocenters. The van der Waals surface area contributed by atoms with Gasteiger partial charge in [0.05, 0.1) is 56.6 Å². The van der Waals surface area contributed by atoms with E-state index < -0.39 is 28.0 Å². The second kappa shape index (κ2) is 18.9. The fourth-order valence-corrected chi connectivity index (χ4v) is 8.42. The molecule has 15 nitrogen and oxygen atoms in total. The van der Waals surface area contributed by atoms with Crippen LogP contribution in [0, 0.1) is 0 Å². The predicted octanol–water partition coefficient (Wildman–Crippen LogP) is 7.17. The molecule has 4 aromatic heterocycles. The number of amides is 2. The van der Waals surface area contributed by atoms with Crippen LogP contribution in [0.25, 0.3) is 21.8 Å². The van der Waals surface area contributed by atoms with Crippen molar-refractivity contribution in [2.45, 2.75) is 90.1 Å². The third-order valence-corrected chi connectivity index (χ3v) is 13.7. The minimum absolute atomic E-state index is 0.156. The Hall–Kier alpha value is -4.37. The fourth-order valence-electron chi connectivity index (χ4n) is 6.39. The first-order valence-electron chi connectivity index (χ1n) is 19.3. The Morgan fingerprint density at radius 1 is 0.860 bits per heavy atom. The van der Waals surface area contributed by atoms with Crippen molar-refractivity contribution in [1.82, 2.24) is 34.4 Å². The van der Waals surface area contributed by atoms with Crippen LogP contribution in [0.1, 0.15) is 30.9 Å². The average Bonchev–Trinajstić information content (AvgIpc) is 3.80. The third-order valence-electron chi connectivity index (χ3n) is 9.76. The molecule has 0 saturated carbocycles. The van der Waals surface area contributed by atoms with E-state index in [1.807, 2.05) is 41.9 Å². The molecule has 6 rings (SSSR count). The van der Waals surface area contributed by atoms with Gasteiger partial charge in [-0.25, -0.2) is 19.3 Å². The van der Waals surface area contributed by atoms with E-state index in [-0.39, 0.29) is 12.8 Å². The quantitative estimate of drug-likeness (QED) is 0.0619. The van der Waals surface area contributed by atoms with E-state index in [0.717, 1.165) is 64.6 Å². The molecule has 57 heavy (non-hydrogen) atoms. The Kier molecular flexibility index (Phi) is 14.5. The van der Waals surface area contributed by atoms with Crippen molar-refractivity contribution in [2.75, 3.05) is 55.5 Å². The number of hydrogen-bond acceptors (Lipinski definition) is 11. The summed E-state index contributed by atoms with van der Waals surface area (Å²) in [6.07, 6.45) is 9.17. The van der Waals surface area contributed by atoms with E-state index in [1.54, 1.807) is 28.2 Å². The highest BCUT2D eigenvalue weighted by molar-refractivity contribution is 9.10. The van der Waals surface area contributed by atoms with Gasteiger partial charge in [0.25, 0.3) is 0 Å². The molecule has 5 heterocycles. The van der Waals surface area contributed by atoms with Gasteiger partial charge in [0.2, 0.25) is 0 Å². The van der Waals surface area contributed by atoms with Crippen LogP contribution in [0.15, 0.2) is 53.5 Å². The number of fused-ring (bicyclic) bond motifs is 2. The van der Waals surface area contributed by atoms with Crippen molar-refractivity contribution in [3.8, 4) is 0 Å². The molecular formula is C39H58BrN11O4Si2. The molecule has 0 bridgehead atoms. The molecule has 1 aliphatic rings. The lowest BCUT2D eigenvalue weighted by molar-refractivity contribution is -0.145. The summed E-state index contributed by atoms with van der Waals surface area (Å²) in [5, 5.41) is 12.9. The first-order chi connectivity index (χ1) is 26.9. The summed E-state index contributed by atoms with van der Waals surface area (Å²) in [5.41, 5.74) is 15.9. The lowest BCUT2D eigenvalue weighted by Crippen LogP contribution is -2.44. The minimum Gasteiger partial charge on any atom is -0.383 e. The molecule has 1 saturated heterocycles. The fraction of sp³-hybridized carbons (Fsp3) is 0.487. The lowest BCUT2D eigenvalue weighted by atomic mass is 9.94. The van der Waals surface area contributed by atoms with Crippen LogP contribution in [0.5, 0.6) is 0 Å². The molecule has 18 heteroatoms. The summed E-state index contributed by atoms with van der Waals surface area (Å²) < 4.78 is 15.9. The van der Waals surface area contributed by atoms with Gasteiger partial charge in [-0.1, -0.05) is 51.4 Å². The van der Waals surface area contributed by atoms with Gasteiger partial charge in [-0.3, -0.25) is 9.59 Å². The summed E-state index contributed by atoms with van der Waals surface area (Å²) in [7, 11) is 1.70. The van der Waals surface area contributed by atoms with E-state index in [1.165, 1.54) is 6.20 Å². The number of hydrogen-bond donors (Lipinski definition) is 3. The zero-order valence-electron chi connectivity index (χ0n) is 34.5. The van der Waals surface area contributed by atoms with Crippen molar-refractivity contribution < 1.29 is 19.1 Å². The zero-order chi connectivity index (χ0) is 41.5. The van der Waals surface area contributed by atoms with E-state index in [4.69, 9.17) is 20.9 Å². The number of benzene rings is 1. The number of rotatable bonds is 13. The molecule has 308 valence electrons. The van der Waals surface area contributed by atoms with Gasteiger partial charge in [0.1, 0.15) is 25.1 Å². The molecule has 5 aromatic rings. The van der Waals surface area contributed by atoms with Crippen LogP contribution in [-0.4, -0.2) is 96.2 Å². The Morgan fingerprint density at radius 2 is 1.44 bits per heavy atom. The van der Waals surface area contributed by atoms with Crippen molar-refractivity contribution in [3.05, 3.63) is 59.1 Å². The topological polar surface area (TPSA) is 185 Å². The molecule has 5 N–H and O–H groups in total. The number of aromatic nitrogens is 6. The summed E-state index contributed by atoms with van der Waals surface area (Å²) in [4.78, 5) is 38.7. The Morgan fingerprint density at radius 3 is 2.04 bits per heavy atom. The largest absolute Gasteiger partial charge is 0.383 e. The van der Waals surface area contributed by atoms with Gasteiger partial charge in [0.15, 0.2) is 0 Å². The number of anilines is 4. The number of halogens is 1. The molecule has 1 atom stereocenters. The Bertz CT molecular complexity index is 2160. The van der Waals surface area contributed by atoms with Gasteiger partial charge < -0.3 is 36.1 Å². The Labute approximate surface area is 345 Å². The maximum atomic E-state index is 13.5. The summed E-state index contributed by atoms with van der Waals surface area (Å²) in [6, 6.07) is 10.2. The van der Waals surface area contributed by atoms with Crippen LogP contribution in [0.3, 0.4) is 0 Å². The summed E-state index contributed by atoms with van der Waals surface area (Å²) >= 11 is 3.47. The van der Waals surface area contributed by atoms with Gasteiger partial charge in [-0.2, -0.15) is 10.2 Å². The van der Waals surface area contributed by atoms with Gasteiger partial charge >= 0.3 is 11.8 Å². The smallest absolute Gasteiger partial charge is 0.314 e. The second-order valence-corrected chi connectivity index (χ2v) is 29.1. The van der Waals surface area contributed by atoms with Gasteiger partial charge in [0, 0.05) is 61.9 Å². The highest BCUT2D eigenvalue weighted by atomic mass is 79.9. The lowest BCUT2D eigenvalue weighted by Gasteiger charge is -2.36. The van der Waals surface area contributed by atoms with Crippen LogP contribution in [-0.2, 0) is 32.5 Å². The molecule has 1 fully saturated rings. The number of likely N-dealkylation sites (tertiary alicyclic amines) is 1. The number of pyridine rings is 2. The van der Waals surface area contributed by atoms with Crippen molar-refractivity contribution >= 4 is 88.7 Å². The van der Waals surface area contributed by atoms with Crippen LogP contribution in [0.2, 0.25) is 51.4 Å². The van der Waals surface area contributed by atoms with E-state index in [9.17, 15) is 9.59 Å². The molecule has 0 radical (unpaired) electrons. The number of nitrogens with two attached hydrogens (primary N) is 2. The molecule has 1 aromatic carbocycles. The normalized spacial score (nSPS) is 14.8. The van der Waals surface area contributed by atoms with Crippen molar-refractivity contribution in [1.29, 1.82) is 0 Å². The minimum atomic E-state index is -1.23. The second-order valence-electron chi connectivity index (χ2n) is 17.0. The zero-order valence-corrected chi connectivity index (χ0v) is 38.1. The number of carbonyl (C=O) groups is 2. The highest BCUT2D eigenvalue weighted by Gasteiger charge is 2.32. The maximum absolute atomic E-state index is 13.5. The molecule has 0 aliphatic carbocycles. The molecule has 2 amide bonds. The molecule has 1 aliphatic heterocycles. The molecule has 0 spiro atoms. The molecular weight excluding hydrogens is 823 g/mol. The summed E-state index contributed by atoms with van der Waals surface area (Å²) in [6.45, 7) is 16.5. The summed E-state index contributed by atoms with van der Waals surface area (Å²) in [5.74, 6) is -0.477. The highest BCUT2D eigenvalue weighted by Crippen LogP contribution is 2.33. The number of piperidine rings is 1. The number of nitrogen functional groups attached to an aromatic ring is 2. The van der Waals surface area contributed by atoms with Crippen LogP contribution in [0.4, 0.5) is 23.0 Å². The van der Waals surface area contributed by atoms with Gasteiger partial charge in [-0.15, -0.1) is 0 Å². The number of carbonyl (C=O) groups excluding carboxylic acids is 2. The standard InChI is InChI=1S/C27H39N7O3Si.C12H19BrN4OSi/c1-32(2)20-10-8-9-19(15-20)23-11-6-7-12-33(23)27(36)26(35)31-22-17-29-25(28)21-16-30-34(24(21)22)18-37-13-14-38(3,4)5;1-19(2,3)5-4-18-8-17-11-9(6-16-17)12(14)15-7-10(11)13/h8-10,15-17,23H,6-7,11-14,18H2,1-5H3,(H2,28,29)(H,31,35);6-7H,4-5,8H2,1-3H3,(H2,14,15). The van der Waals surface area contributed by atoms with Gasteiger partial charge in [-0.05, 0) is 65.0 Å². The van der Waals surface area contributed by atoms with E-state index in [2.05, 4.69) is 86.8 Å². The predicted molar refractivity (Wildman–Crippen MR) is 237 cm³/mol. The Balaban J connectivity index is 0.000000273. The first-order valence-corrected chi connectivity index (χ1v) is 27.5. The average molecular weight is 881 g/mol.